The zero-order valence-electron chi connectivity index (χ0n) is 13.2. The van der Waals surface area contributed by atoms with E-state index in [1.807, 2.05) is 6.07 Å². The first-order valence-corrected chi connectivity index (χ1v) is 7.45. The largest absolute Gasteiger partial charge is 0.493 e. The SMILES string of the molecule is CC[C@H](c1ccc(OC)c(OC)c1Cl)N1CCNCC1.Cl.Cl. The van der Waals surface area contributed by atoms with Crippen molar-refractivity contribution in [3.05, 3.63) is 22.7 Å². The molecule has 128 valence electrons. The van der Waals surface area contributed by atoms with E-state index in [-0.39, 0.29) is 24.8 Å². The average molecular weight is 372 g/mol. The van der Waals surface area contributed by atoms with Crippen LogP contribution in [0.1, 0.15) is 24.9 Å². The number of nitrogens with one attached hydrogen (secondary N) is 1. The molecule has 0 aromatic heterocycles. The molecule has 1 N–H and O–H groups in total. The molecule has 1 aromatic rings. The number of hydrogen-bond donors (Lipinski definition) is 1. The summed E-state index contributed by atoms with van der Waals surface area (Å²) in [5.41, 5.74) is 1.12. The lowest BCUT2D eigenvalue weighted by atomic mass is 10.0. The van der Waals surface area contributed by atoms with E-state index in [4.69, 9.17) is 21.1 Å². The molecule has 0 bridgehead atoms. The lowest BCUT2D eigenvalue weighted by molar-refractivity contribution is 0.169. The molecular formula is C15H25Cl3N2O2. The topological polar surface area (TPSA) is 33.7 Å². The van der Waals surface area contributed by atoms with E-state index < -0.39 is 0 Å². The fraction of sp³-hybridized carbons (Fsp3) is 0.600. The van der Waals surface area contributed by atoms with E-state index in [1.165, 1.54) is 0 Å². The van der Waals surface area contributed by atoms with Gasteiger partial charge in [0.05, 0.1) is 19.2 Å². The van der Waals surface area contributed by atoms with Crippen LogP contribution in [-0.2, 0) is 0 Å². The molecule has 1 heterocycles. The maximum Gasteiger partial charge on any atom is 0.179 e. The van der Waals surface area contributed by atoms with Gasteiger partial charge in [-0.25, -0.2) is 0 Å². The molecule has 0 aliphatic carbocycles. The Balaban J connectivity index is 0.00000220. The van der Waals surface area contributed by atoms with Crippen LogP contribution in [0.2, 0.25) is 5.02 Å². The Morgan fingerprint density at radius 3 is 2.32 bits per heavy atom. The molecule has 2 rings (SSSR count). The van der Waals surface area contributed by atoms with Crippen molar-refractivity contribution in [2.45, 2.75) is 19.4 Å². The zero-order chi connectivity index (χ0) is 14.5. The Kier molecular flexibility index (Phi) is 10.2. The van der Waals surface area contributed by atoms with Crippen molar-refractivity contribution >= 4 is 36.4 Å². The number of ether oxygens (including phenoxy) is 2. The Morgan fingerprint density at radius 2 is 1.82 bits per heavy atom. The fourth-order valence-electron chi connectivity index (χ4n) is 2.83. The molecule has 0 spiro atoms. The molecule has 0 saturated carbocycles. The lowest BCUT2D eigenvalue weighted by Crippen LogP contribution is -2.45. The standard InChI is InChI=1S/C15H23ClN2O2.2ClH/c1-4-12(18-9-7-17-8-10-18)11-5-6-13(19-2)15(20-3)14(11)16;;/h5-6,12,17H,4,7-10H2,1-3H3;2*1H/t12-;;/m1../s1. The van der Waals surface area contributed by atoms with Crippen molar-refractivity contribution in [1.82, 2.24) is 10.2 Å². The van der Waals surface area contributed by atoms with Crippen molar-refractivity contribution in [2.75, 3.05) is 40.4 Å². The summed E-state index contributed by atoms with van der Waals surface area (Å²) in [6.07, 6.45) is 1.02. The first kappa shape index (κ1) is 21.6. The van der Waals surface area contributed by atoms with Gasteiger partial charge in [-0.3, -0.25) is 4.90 Å². The van der Waals surface area contributed by atoms with Gasteiger partial charge in [0, 0.05) is 32.2 Å². The van der Waals surface area contributed by atoms with Gasteiger partial charge in [-0.15, -0.1) is 24.8 Å². The number of nitrogens with zero attached hydrogens (tertiary/aromatic N) is 1. The first-order chi connectivity index (χ1) is 9.72. The Hall–Kier alpha value is -0.390. The highest BCUT2D eigenvalue weighted by Crippen LogP contribution is 2.41. The first-order valence-electron chi connectivity index (χ1n) is 7.08. The van der Waals surface area contributed by atoms with Crippen LogP contribution in [0.4, 0.5) is 0 Å². The third kappa shape index (κ3) is 4.56. The Labute approximate surface area is 150 Å². The molecule has 1 atom stereocenters. The van der Waals surface area contributed by atoms with E-state index >= 15 is 0 Å². The molecule has 22 heavy (non-hydrogen) atoms. The molecular weight excluding hydrogens is 347 g/mol. The molecule has 1 aliphatic heterocycles. The normalized spacial score (nSPS) is 16.2. The third-order valence-electron chi connectivity index (χ3n) is 3.85. The molecule has 1 saturated heterocycles. The smallest absolute Gasteiger partial charge is 0.179 e. The second kappa shape index (κ2) is 10.4. The minimum atomic E-state index is 0. The van der Waals surface area contributed by atoms with Crippen molar-refractivity contribution in [2.24, 2.45) is 0 Å². The van der Waals surface area contributed by atoms with Gasteiger partial charge < -0.3 is 14.8 Å². The van der Waals surface area contributed by atoms with Gasteiger partial charge in [-0.2, -0.15) is 0 Å². The van der Waals surface area contributed by atoms with Gasteiger partial charge in [-0.05, 0) is 18.1 Å². The maximum atomic E-state index is 6.54. The lowest BCUT2D eigenvalue weighted by Gasteiger charge is -2.35. The summed E-state index contributed by atoms with van der Waals surface area (Å²) in [6, 6.07) is 4.31. The highest BCUT2D eigenvalue weighted by atomic mass is 35.5. The summed E-state index contributed by atoms with van der Waals surface area (Å²) in [5, 5.41) is 4.05. The molecule has 1 aliphatic rings. The predicted molar refractivity (Wildman–Crippen MR) is 96.5 cm³/mol. The average Bonchev–Trinajstić information content (AvgIpc) is 2.50. The quantitative estimate of drug-likeness (QED) is 0.858. The van der Waals surface area contributed by atoms with Crippen molar-refractivity contribution in [1.29, 1.82) is 0 Å². The zero-order valence-corrected chi connectivity index (χ0v) is 15.6. The van der Waals surface area contributed by atoms with Crippen molar-refractivity contribution < 1.29 is 9.47 Å². The van der Waals surface area contributed by atoms with E-state index in [1.54, 1.807) is 14.2 Å². The number of methoxy groups -OCH3 is 2. The van der Waals surface area contributed by atoms with Gasteiger partial charge in [0.25, 0.3) is 0 Å². The number of benzene rings is 1. The monoisotopic (exact) mass is 370 g/mol. The van der Waals surface area contributed by atoms with Crippen molar-refractivity contribution in [3.63, 3.8) is 0 Å². The highest BCUT2D eigenvalue weighted by Gasteiger charge is 2.25. The molecule has 0 radical (unpaired) electrons. The summed E-state index contributed by atoms with van der Waals surface area (Å²) in [6.45, 7) is 6.34. The van der Waals surface area contributed by atoms with Crippen LogP contribution in [-0.4, -0.2) is 45.3 Å². The van der Waals surface area contributed by atoms with E-state index in [2.05, 4.69) is 23.2 Å². The van der Waals surface area contributed by atoms with Crippen LogP contribution in [0.5, 0.6) is 11.5 Å². The number of halogens is 3. The third-order valence-corrected chi connectivity index (χ3v) is 4.24. The van der Waals surface area contributed by atoms with Crippen LogP contribution in [0.25, 0.3) is 0 Å². The molecule has 7 heteroatoms. The van der Waals surface area contributed by atoms with Crippen LogP contribution in [0.3, 0.4) is 0 Å². The van der Waals surface area contributed by atoms with Crippen LogP contribution in [0, 0.1) is 0 Å². The van der Waals surface area contributed by atoms with Gasteiger partial charge in [0.1, 0.15) is 0 Å². The summed E-state index contributed by atoms with van der Waals surface area (Å²) < 4.78 is 10.7. The van der Waals surface area contributed by atoms with E-state index in [0.717, 1.165) is 38.2 Å². The maximum absolute atomic E-state index is 6.54. The summed E-state index contributed by atoms with van der Waals surface area (Å²) >= 11 is 6.54. The van der Waals surface area contributed by atoms with Crippen molar-refractivity contribution in [3.8, 4) is 11.5 Å². The molecule has 1 aromatic carbocycles. The summed E-state index contributed by atoms with van der Waals surface area (Å²) in [5.74, 6) is 1.30. The highest BCUT2D eigenvalue weighted by molar-refractivity contribution is 6.33. The van der Waals surface area contributed by atoms with Gasteiger partial charge in [0.2, 0.25) is 0 Å². The van der Waals surface area contributed by atoms with Gasteiger partial charge >= 0.3 is 0 Å². The Morgan fingerprint density at radius 1 is 1.18 bits per heavy atom. The van der Waals surface area contributed by atoms with Crippen LogP contribution < -0.4 is 14.8 Å². The Bertz CT molecular complexity index is 455. The predicted octanol–water partition coefficient (Wildman–Crippen LogP) is 3.56. The minimum Gasteiger partial charge on any atom is -0.493 e. The van der Waals surface area contributed by atoms with Crippen LogP contribution in [0.15, 0.2) is 12.1 Å². The number of rotatable bonds is 5. The fourth-order valence-corrected chi connectivity index (χ4v) is 3.19. The molecule has 0 amide bonds. The summed E-state index contributed by atoms with van der Waals surface area (Å²) in [7, 11) is 3.25. The molecule has 1 fully saturated rings. The van der Waals surface area contributed by atoms with E-state index in [9.17, 15) is 0 Å². The molecule has 0 unspecified atom stereocenters. The van der Waals surface area contributed by atoms with Gasteiger partial charge in [-0.1, -0.05) is 24.6 Å². The molecule has 4 nitrogen and oxygen atoms in total. The second-order valence-corrected chi connectivity index (χ2v) is 5.29. The van der Waals surface area contributed by atoms with E-state index in [0.29, 0.717) is 22.6 Å². The minimum absolute atomic E-state index is 0. The summed E-state index contributed by atoms with van der Waals surface area (Å²) in [4.78, 5) is 2.48. The van der Waals surface area contributed by atoms with Gasteiger partial charge in [0.15, 0.2) is 11.5 Å². The number of hydrogen-bond acceptors (Lipinski definition) is 4. The van der Waals surface area contributed by atoms with Crippen LogP contribution >= 0.6 is 36.4 Å². The second-order valence-electron chi connectivity index (χ2n) is 4.91. The number of piperazine rings is 1.